The van der Waals surface area contributed by atoms with Crippen LogP contribution in [0.1, 0.15) is 19.0 Å². The van der Waals surface area contributed by atoms with Gasteiger partial charge in [-0.25, -0.2) is 9.97 Å². The smallest absolute Gasteiger partial charge is 0.340 e. The van der Waals surface area contributed by atoms with E-state index in [9.17, 15) is 13.2 Å². The molecule has 0 spiro atoms. The standard InChI is InChI=1S/C10H11F3N4/c1-2-17(7-3-5-14)9-15-6-4-8(16-9)10(11,12)13/h4,6H,2-3,7H2,1H3. The molecule has 92 valence electrons. The molecular formula is C10H11F3N4. The fraction of sp³-hybridized carbons (Fsp3) is 0.500. The summed E-state index contributed by atoms with van der Waals surface area (Å²) in [5.41, 5.74) is -0.974. The largest absolute Gasteiger partial charge is 0.433 e. The zero-order chi connectivity index (χ0) is 12.9. The number of hydrogen-bond acceptors (Lipinski definition) is 4. The third kappa shape index (κ3) is 3.59. The quantitative estimate of drug-likeness (QED) is 0.815. The first-order valence-electron chi connectivity index (χ1n) is 5.01. The van der Waals surface area contributed by atoms with E-state index in [1.165, 1.54) is 4.90 Å². The van der Waals surface area contributed by atoms with Crippen LogP contribution in [0.2, 0.25) is 0 Å². The number of alkyl halides is 3. The molecule has 0 saturated heterocycles. The van der Waals surface area contributed by atoms with Crippen LogP contribution < -0.4 is 4.90 Å². The van der Waals surface area contributed by atoms with E-state index in [0.29, 0.717) is 13.1 Å². The number of nitrogens with zero attached hydrogens (tertiary/aromatic N) is 4. The van der Waals surface area contributed by atoms with Crippen molar-refractivity contribution in [3.05, 3.63) is 18.0 Å². The lowest BCUT2D eigenvalue weighted by molar-refractivity contribution is -0.141. The molecule has 0 radical (unpaired) electrons. The van der Waals surface area contributed by atoms with Gasteiger partial charge in [0.2, 0.25) is 5.95 Å². The Hall–Kier alpha value is -1.84. The minimum absolute atomic E-state index is 0.00225. The SMILES string of the molecule is CCN(CCC#N)c1nccc(C(F)(F)F)n1. The van der Waals surface area contributed by atoms with E-state index >= 15 is 0 Å². The van der Waals surface area contributed by atoms with E-state index in [4.69, 9.17) is 5.26 Å². The number of halogens is 3. The Morgan fingerprint density at radius 3 is 2.71 bits per heavy atom. The molecule has 0 unspecified atom stereocenters. The van der Waals surface area contributed by atoms with Gasteiger partial charge in [-0.1, -0.05) is 0 Å². The summed E-state index contributed by atoms with van der Waals surface area (Å²) < 4.78 is 37.3. The van der Waals surface area contributed by atoms with Crippen molar-refractivity contribution in [2.45, 2.75) is 19.5 Å². The summed E-state index contributed by atoms with van der Waals surface area (Å²) in [4.78, 5) is 8.76. The first-order chi connectivity index (χ1) is 7.99. The molecule has 1 aromatic rings. The van der Waals surface area contributed by atoms with Crippen molar-refractivity contribution >= 4 is 5.95 Å². The van der Waals surface area contributed by atoms with E-state index in [1.54, 1.807) is 6.92 Å². The third-order valence-electron chi connectivity index (χ3n) is 2.09. The molecule has 0 aliphatic rings. The highest BCUT2D eigenvalue weighted by Crippen LogP contribution is 2.28. The highest BCUT2D eigenvalue weighted by Gasteiger charge is 2.33. The number of rotatable bonds is 4. The number of anilines is 1. The van der Waals surface area contributed by atoms with Crippen LogP contribution in [0.15, 0.2) is 12.3 Å². The van der Waals surface area contributed by atoms with Gasteiger partial charge in [0.25, 0.3) is 0 Å². The molecule has 0 saturated carbocycles. The lowest BCUT2D eigenvalue weighted by atomic mass is 10.4. The zero-order valence-electron chi connectivity index (χ0n) is 9.20. The van der Waals surface area contributed by atoms with Gasteiger partial charge in [0.05, 0.1) is 12.5 Å². The van der Waals surface area contributed by atoms with Gasteiger partial charge >= 0.3 is 6.18 Å². The van der Waals surface area contributed by atoms with Crippen molar-refractivity contribution in [2.24, 2.45) is 0 Å². The summed E-state index contributed by atoms with van der Waals surface area (Å²) in [6.45, 7) is 2.53. The number of aromatic nitrogens is 2. The van der Waals surface area contributed by atoms with E-state index < -0.39 is 11.9 Å². The van der Waals surface area contributed by atoms with Crippen molar-refractivity contribution in [2.75, 3.05) is 18.0 Å². The highest BCUT2D eigenvalue weighted by atomic mass is 19.4. The second-order valence-corrected chi connectivity index (χ2v) is 3.23. The summed E-state index contributed by atoms with van der Waals surface area (Å²) in [6.07, 6.45) is -3.19. The van der Waals surface area contributed by atoms with E-state index in [2.05, 4.69) is 9.97 Å². The summed E-state index contributed by atoms with van der Waals surface area (Å²) in [7, 11) is 0. The van der Waals surface area contributed by atoms with Crippen LogP contribution in [0.5, 0.6) is 0 Å². The van der Waals surface area contributed by atoms with Crippen LogP contribution in [-0.4, -0.2) is 23.1 Å². The lowest BCUT2D eigenvalue weighted by Crippen LogP contribution is -2.26. The summed E-state index contributed by atoms with van der Waals surface area (Å²) in [6, 6.07) is 2.75. The highest BCUT2D eigenvalue weighted by molar-refractivity contribution is 5.30. The average Bonchev–Trinajstić information content (AvgIpc) is 2.29. The molecule has 1 heterocycles. The van der Waals surface area contributed by atoms with E-state index in [1.807, 2.05) is 6.07 Å². The Balaban J connectivity index is 2.93. The predicted molar refractivity (Wildman–Crippen MR) is 55.2 cm³/mol. The Morgan fingerprint density at radius 1 is 1.47 bits per heavy atom. The lowest BCUT2D eigenvalue weighted by Gasteiger charge is -2.19. The molecule has 0 N–H and O–H groups in total. The van der Waals surface area contributed by atoms with Crippen LogP contribution >= 0.6 is 0 Å². The van der Waals surface area contributed by atoms with Crippen molar-refractivity contribution in [3.8, 4) is 6.07 Å². The molecule has 0 aliphatic heterocycles. The molecule has 0 atom stereocenters. The minimum Gasteiger partial charge on any atom is -0.340 e. The van der Waals surface area contributed by atoms with Gasteiger partial charge < -0.3 is 4.90 Å². The molecule has 0 fully saturated rings. The van der Waals surface area contributed by atoms with Crippen molar-refractivity contribution in [1.29, 1.82) is 5.26 Å². The van der Waals surface area contributed by atoms with Crippen LogP contribution in [0, 0.1) is 11.3 Å². The second kappa shape index (κ2) is 5.48. The predicted octanol–water partition coefficient (Wildman–Crippen LogP) is 2.24. The summed E-state index contributed by atoms with van der Waals surface area (Å²) in [5.74, 6) is -0.00225. The molecular weight excluding hydrogens is 233 g/mol. The van der Waals surface area contributed by atoms with Gasteiger partial charge in [0.1, 0.15) is 5.69 Å². The third-order valence-corrected chi connectivity index (χ3v) is 2.09. The fourth-order valence-electron chi connectivity index (χ4n) is 1.24. The fourth-order valence-corrected chi connectivity index (χ4v) is 1.24. The molecule has 4 nitrogen and oxygen atoms in total. The Bertz CT molecular complexity index is 411. The zero-order valence-corrected chi connectivity index (χ0v) is 9.20. The Morgan fingerprint density at radius 2 is 2.18 bits per heavy atom. The Labute approximate surface area is 96.7 Å². The average molecular weight is 244 g/mol. The molecule has 1 rings (SSSR count). The monoisotopic (exact) mass is 244 g/mol. The maximum atomic E-state index is 12.4. The van der Waals surface area contributed by atoms with Gasteiger partial charge in [0, 0.05) is 19.3 Å². The first-order valence-corrected chi connectivity index (χ1v) is 5.01. The van der Waals surface area contributed by atoms with E-state index in [-0.39, 0.29) is 12.4 Å². The maximum absolute atomic E-state index is 12.4. The van der Waals surface area contributed by atoms with Crippen molar-refractivity contribution < 1.29 is 13.2 Å². The summed E-state index contributed by atoms with van der Waals surface area (Å²) >= 11 is 0. The Kier molecular flexibility index (Phi) is 4.26. The molecule has 0 aromatic carbocycles. The molecule has 1 aromatic heterocycles. The van der Waals surface area contributed by atoms with Crippen LogP contribution in [0.3, 0.4) is 0 Å². The number of hydrogen-bond donors (Lipinski definition) is 0. The topological polar surface area (TPSA) is 52.8 Å². The van der Waals surface area contributed by atoms with Gasteiger partial charge in [-0.3, -0.25) is 0 Å². The molecule has 0 amide bonds. The van der Waals surface area contributed by atoms with E-state index in [0.717, 1.165) is 12.3 Å². The van der Waals surface area contributed by atoms with Gasteiger partial charge in [-0.05, 0) is 13.0 Å². The molecule has 0 aliphatic carbocycles. The normalized spacial score (nSPS) is 11.0. The molecule has 7 heteroatoms. The summed E-state index contributed by atoms with van der Waals surface area (Å²) in [5, 5.41) is 8.44. The molecule has 17 heavy (non-hydrogen) atoms. The van der Waals surface area contributed by atoms with Gasteiger partial charge in [0.15, 0.2) is 0 Å². The second-order valence-electron chi connectivity index (χ2n) is 3.23. The maximum Gasteiger partial charge on any atom is 0.433 e. The first kappa shape index (κ1) is 13.2. The molecule has 0 bridgehead atoms. The van der Waals surface area contributed by atoms with Crippen LogP contribution in [-0.2, 0) is 6.18 Å². The van der Waals surface area contributed by atoms with Crippen molar-refractivity contribution in [3.63, 3.8) is 0 Å². The minimum atomic E-state index is -4.48. The van der Waals surface area contributed by atoms with Gasteiger partial charge in [-0.2, -0.15) is 18.4 Å². The van der Waals surface area contributed by atoms with Crippen LogP contribution in [0.25, 0.3) is 0 Å². The van der Waals surface area contributed by atoms with Crippen molar-refractivity contribution in [1.82, 2.24) is 9.97 Å². The van der Waals surface area contributed by atoms with Gasteiger partial charge in [-0.15, -0.1) is 0 Å². The number of nitriles is 1. The van der Waals surface area contributed by atoms with Crippen LogP contribution in [0.4, 0.5) is 19.1 Å².